The highest BCUT2D eigenvalue weighted by Gasteiger charge is 2.37. The molecule has 0 bridgehead atoms. The minimum atomic E-state index is -3.76. The number of fused-ring (bicyclic) bond motifs is 1. The molecule has 8 nitrogen and oxygen atoms in total. The number of amides is 1. The molecule has 1 aromatic heterocycles. The Morgan fingerprint density at radius 1 is 1.22 bits per heavy atom. The summed E-state index contributed by atoms with van der Waals surface area (Å²) < 4.78 is 32.8. The van der Waals surface area contributed by atoms with Crippen LogP contribution in [-0.4, -0.2) is 42.4 Å². The van der Waals surface area contributed by atoms with Gasteiger partial charge >= 0.3 is 0 Å². The lowest BCUT2D eigenvalue weighted by atomic mass is 10.1. The number of rotatable bonds is 6. The van der Waals surface area contributed by atoms with Gasteiger partial charge < -0.3 is 9.42 Å². The van der Waals surface area contributed by atoms with E-state index in [-0.39, 0.29) is 29.2 Å². The molecule has 2 aromatic carbocycles. The Hall–Kier alpha value is -3.04. The topological polar surface area (TPSA) is 96.6 Å². The van der Waals surface area contributed by atoms with Crippen molar-refractivity contribution in [2.75, 3.05) is 18.5 Å². The van der Waals surface area contributed by atoms with Gasteiger partial charge in [0.15, 0.2) is 0 Å². The lowest BCUT2D eigenvalue weighted by molar-refractivity contribution is -0.119. The molecule has 5 rings (SSSR count). The van der Waals surface area contributed by atoms with Crippen LogP contribution < -0.4 is 4.90 Å². The van der Waals surface area contributed by atoms with Crippen molar-refractivity contribution in [2.45, 2.75) is 37.6 Å². The first kappa shape index (κ1) is 20.8. The maximum Gasteiger partial charge on any atom is 0.243 e. The van der Waals surface area contributed by atoms with Gasteiger partial charge in [0.25, 0.3) is 0 Å². The standard InChI is InChI=1S/C23H24N4O4S/c1-15-4-3-5-18(12-15)22-24-21(31-25-22)14-26(2)32(29,30)19-8-9-20-17(13-19)10-11-27(20)23(28)16-6-7-16/h3-5,8-9,12-13,16H,6-7,10-11,14H2,1-2H3. The third-order valence-electron chi connectivity index (χ3n) is 5.95. The van der Waals surface area contributed by atoms with Crippen LogP contribution in [0.25, 0.3) is 11.4 Å². The highest BCUT2D eigenvalue weighted by atomic mass is 32.2. The minimum absolute atomic E-state index is 0.0372. The van der Waals surface area contributed by atoms with E-state index in [1.165, 1.54) is 11.4 Å². The van der Waals surface area contributed by atoms with Crippen molar-refractivity contribution in [1.29, 1.82) is 0 Å². The van der Waals surface area contributed by atoms with Crippen molar-refractivity contribution in [3.63, 3.8) is 0 Å². The number of aryl methyl sites for hydroxylation is 1. The number of aromatic nitrogens is 2. The largest absolute Gasteiger partial charge is 0.338 e. The van der Waals surface area contributed by atoms with E-state index in [1.807, 2.05) is 31.2 Å². The molecule has 1 aliphatic carbocycles. The summed E-state index contributed by atoms with van der Waals surface area (Å²) in [7, 11) is -2.27. The van der Waals surface area contributed by atoms with Gasteiger partial charge in [0, 0.05) is 30.8 Å². The Morgan fingerprint density at radius 2 is 2.03 bits per heavy atom. The SMILES string of the molecule is Cc1cccc(-c2noc(CN(C)S(=O)(=O)c3ccc4c(c3)CCN4C(=O)C3CC3)n2)c1. The number of carbonyl (C=O) groups excluding carboxylic acids is 1. The van der Waals surface area contributed by atoms with Gasteiger partial charge in [-0.1, -0.05) is 28.9 Å². The zero-order chi connectivity index (χ0) is 22.5. The van der Waals surface area contributed by atoms with E-state index in [9.17, 15) is 13.2 Å². The highest BCUT2D eigenvalue weighted by molar-refractivity contribution is 7.89. The Kier molecular flexibility index (Phi) is 5.10. The van der Waals surface area contributed by atoms with Crippen LogP contribution in [0, 0.1) is 12.8 Å². The maximum atomic E-state index is 13.1. The zero-order valence-corrected chi connectivity index (χ0v) is 18.8. The molecule has 0 unspecified atom stereocenters. The predicted molar refractivity (Wildman–Crippen MR) is 118 cm³/mol. The normalized spacial score (nSPS) is 15.9. The van der Waals surface area contributed by atoms with Crippen LogP contribution in [0.2, 0.25) is 0 Å². The summed E-state index contributed by atoms with van der Waals surface area (Å²) in [6.07, 6.45) is 2.55. The van der Waals surface area contributed by atoms with Crippen LogP contribution in [0.5, 0.6) is 0 Å². The van der Waals surface area contributed by atoms with E-state index in [4.69, 9.17) is 4.52 Å². The smallest absolute Gasteiger partial charge is 0.243 e. The molecule has 3 aromatic rings. The number of hydrogen-bond donors (Lipinski definition) is 0. The van der Waals surface area contributed by atoms with Crippen LogP contribution in [0.3, 0.4) is 0 Å². The fraction of sp³-hybridized carbons (Fsp3) is 0.348. The molecule has 0 spiro atoms. The lowest BCUT2D eigenvalue weighted by Crippen LogP contribution is -2.30. The molecular weight excluding hydrogens is 428 g/mol. The monoisotopic (exact) mass is 452 g/mol. The van der Waals surface area contributed by atoms with Gasteiger partial charge in [0.1, 0.15) is 0 Å². The maximum absolute atomic E-state index is 13.1. The molecule has 9 heteroatoms. The van der Waals surface area contributed by atoms with E-state index in [2.05, 4.69) is 10.1 Å². The second-order valence-corrected chi connectivity index (χ2v) is 10.5. The van der Waals surface area contributed by atoms with Gasteiger partial charge in [-0.25, -0.2) is 8.42 Å². The lowest BCUT2D eigenvalue weighted by Gasteiger charge is -2.18. The molecule has 2 aliphatic rings. The molecule has 1 aliphatic heterocycles. The fourth-order valence-electron chi connectivity index (χ4n) is 3.99. The van der Waals surface area contributed by atoms with Gasteiger partial charge in [-0.15, -0.1) is 0 Å². The molecular formula is C23H24N4O4S. The summed E-state index contributed by atoms with van der Waals surface area (Å²) in [5, 5.41) is 3.98. The average molecular weight is 453 g/mol. The van der Waals surface area contributed by atoms with E-state index in [0.717, 1.165) is 35.2 Å². The molecule has 0 N–H and O–H groups in total. The Balaban J connectivity index is 1.33. The minimum Gasteiger partial charge on any atom is -0.338 e. The predicted octanol–water partition coefficient (Wildman–Crippen LogP) is 3.16. The summed E-state index contributed by atoms with van der Waals surface area (Å²) in [5.41, 5.74) is 3.59. The second-order valence-electron chi connectivity index (χ2n) is 8.45. The molecule has 1 amide bonds. The Morgan fingerprint density at radius 3 is 2.78 bits per heavy atom. The first-order valence-corrected chi connectivity index (χ1v) is 12.1. The van der Waals surface area contributed by atoms with Crippen molar-refractivity contribution in [2.24, 2.45) is 5.92 Å². The summed E-state index contributed by atoms with van der Waals surface area (Å²) in [6.45, 7) is 2.54. The number of benzene rings is 2. The van der Waals surface area contributed by atoms with E-state index < -0.39 is 10.0 Å². The molecule has 32 heavy (non-hydrogen) atoms. The van der Waals surface area contributed by atoms with E-state index in [1.54, 1.807) is 23.1 Å². The average Bonchev–Trinajstić information content (AvgIpc) is 3.38. The van der Waals surface area contributed by atoms with Crippen LogP contribution in [-0.2, 0) is 27.8 Å². The number of carbonyl (C=O) groups is 1. The molecule has 1 fully saturated rings. The van der Waals surface area contributed by atoms with Crippen LogP contribution in [0.4, 0.5) is 5.69 Å². The summed E-state index contributed by atoms with van der Waals surface area (Å²) >= 11 is 0. The van der Waals surface area contributed by atoms with E-state index >= 15 is 0 Å². The van der Waals surface area contributed by atoms with Crippen LogP contribution >= 0.6 is 0 Å². The van der Waals surface area contributed by atoms with Gasteiger partial charge in [-0.05, 0) is 56.0 Å². The molecule has 0 atom stereocenters. The molecule has 166 valence electrons. The number of anilines is 1. The quantitative estimate of drug-likeness (QED) is 0.570. The van der Waals surface area contributed by atoms with Gasteiger partial charge in [-0.2, -0.15) is 9.29 Å². The van der Waals surface area contributed by atoms with Gasteiger partial charge in [0.05, 0.1) is 11.4 Å². The number of hydrogen-bond acceptors (Lipinski definition) is 6. The zero-order valence-electron chi connectivity index (χ0n) is 18.0. The fourth-order valence-corrected chi connectivity index (χ4v) is 5.17. The van der Waals surface area contributed by atoms with E-state index in [0.29, 0.717) is 18.8 Å². The van der Waals surface area contributed by atoms with Crippen molar-refractivity contribution in [3.8, 4) is 11.4 Å². The third-order valence-corrected chi connectivity index (χ3v) is 7.75. The first-order valence-electron chi connectivity index (χ1n) is 10.6. The van der Waals surface area contributed by atoms with Crippen molar-refractivity contribution in [1.82, 2.24) is 14.4 Å². The molecule has 2 heterocycles. The van der Waals surface area contributed by atoms with Crippen molar-refractivity contribution >= 4 is 21.6 Å². The Labute approximate surface area is 186 Å². The highest BCUT2D eigenvalue weighted by Crippen LogP contribution is 2.37. The molecule has 1 saturated carbocycles. The second kappa shape index (κ2) is 7.83. The number of nitrogens with zero attached hydrogens (tertiary/aromatic N) is 4. The van der Waals surface area contributed by atoms with Crippen molar-refractivity contribution < 1.29 is 17.7 Å². The summed E-state index contributed by atoms with van der Waals surface area (Å²) in [4.78, 5) is 18.8. The first-order chi connectivity index (χ1) is 15.3. The number of sulfonamides is 1. The summed E-state index contributed by atoms with van der Waals surface area (Å²) in [5.74, 6) is 0.925. The third kappa shape index (κ3) is 3.82. The Bertz CT molecular complexity index is 1300. The van der Waals surface area contributed by atoms with Crippen LogP contribution in [0.15, 0.2) is 51.9 Å². The van der Waals surface area contributed by atoms with Gasteiger partial charge in [-0.3, -0.25) is 4.79 Å². The van der Waals surface area contributed by atoms with Crippen molar-refractivity contribution in [3.05, 3.63) is 59.5 Å². The summed E-state index contributed by atoms with van der Waals surface area (Å²) in [6, 6.07) is 12.7. The molecule has 0 saturated heterocycles. The van der Waals surface area contributed by atoms with Gasteiger partial charge in [0.2, 0.25) is 27.6 Å². The van der Waals surface area contributed by atoms with Crippen LogP contribution in [0.1, 0.15) is 29.9 Å². The molecule has 0 radical (unpaired) electrons.